The second-order valence-electron chi connectivity index (χ2n) is 10.7. The van der Waals surface area contributed by atoms with Gasteiger partial charge in [-0.05, 0) is 40.2 Å². The van der Waals surface area contributed by atoms with Gasteiger partial charge in [-0.15, -0.1) is 0 Å². The largest absolute Gasteiger partial charge is 0.464 e. The molecule has 2 amide bonds. The van der Waals surface area contributed by atoms with E-state index in [1.165, 1.54) is 0 Å². The third-order valence-electron chi connectivity index (χ3n) is 6.60. The summed E-state index contributed by atoms with van der Waals surface area (Å²) in [5.74, 6) is -1.33. The molecule has 0 aromatic heterocycles. The predicted molar refractivity (Wildman–Crippen MR) is 165 cm³/mol. The number of nitrogens with one attached hydrogen (secondary N) is 1. The zero-order valence-corrected chi connectivity index (χ0v) is 25.6. The molecule has 0 aliphatic carbocycles. The van der Waals surface area contributed by atoms with Gasteiger partial charge in [0.15, 0.2) is 5.54 Å². The van der Waals surface area contributed by atoms with Crippen LogP contribution in [-0.4, -0.2) is 41.6 Å². The number of carbonyl (C=O) groups is 3. The lowest BCUT2D eigenvalue weighted by molar-refractivity contribution is -0.150. The van der Waals surface area contributed by atoms with Gasteiger partial charge < -0.3 is 9.47 Å². The van der Waals surface area contributed by atoms with E-state index in [-0.39, 0.29) is 18.7 Å². The molecule has 1 aliphatic heterocycles. The Morgan fingerprint density at radius 2 is 1.46 bits per heavy atom. The molecule has 0 saturated heterocycles. The first-order valence-corrected chi connectivity index (χ1v) is 16.2. The fourth-order valence-corrected chi connectivity index (χ4v) is 8.37. The van der Waals surface area contributed by atoms with Gasteiger partial charge in [-0.3, -0.25) is 9.88 Å². The Morgan fingerprint density at radius 1 is 0.927 bits per heavy atom. The highest BCUT2D eigenvalue weighted by Gasteiger charge is 2.54. The van der Waals surface area contributed by atoms with E-state index in [1.807, 2.05) is 79.7 Å². The van der Waals surface area contributed by atoms with Crippen molar-refractivity contribution in [1.82, 2.24) is 9.99 Å². The predicted octanol–water partition coefficient (Wildman–Crippen LogP) is 5.09. The second kappa shape index (κ2) is 12.1. The molecule has 0 bridgehead atoms. The minimum atomic E-state index is -3.00. The Hall–Kier alpha value is -3.58. The quantitative estimate of drug-likeness (QED) is 0.289. The number of hydrogen-bond donors (Lipinski definition) is 1. The van der Waals surface area contributed by atoms with Crippen LogP contribution in [0.3, 0.4) is 0 Å². The van der Waals surface area contributed by atoms with Gasteiger partial charge in [-0.1, -0.05) is 108 Å². The van der Waals surface area contributed by atoms with E-state index in [4.69, 9.17) is 21.3 Å². The fourth-order valence-electron chi connectivity index (χ4n) is 4.67. The molecule has 9 heteroatoms. The first kappa shape index (κ1) is 30.4. The standard InChI is InChI=1S/C32H35N2O5PS/c1-6-38-29(36)32(24-19-17-23(2)18-20-24,27-21-22-34(28(27)35)30(37)39-31(3,4)5)33-40(41,25-13-9-7-10-14-25)26-15-11-8-12-16-26/h7-21H,6,22H2,1-5H3,(H,33,41). The number of imide groups is 1. The number of benzene rings is 3. The van der Waals surface area contributed by atoms with Crippen molar-refractivity contribution in [2.45, 2.75) is 45.8 Å². The molecule has 0 radical (unpaired) electrons. The smallest absolute Gasteiger partial charge is 0.417 e. The van der Waals surface area contributed by atoms with Gasteiger partial charge in [0.25, 0.3) is 5.91 Å². The van der Waals surface area contributed by atoms with Crippen LogP contribution in [-0.2, 0) is 36.4 Å². The molecule has 41 heavy (non-hydrogen) atoms. The van der Waals surface area contributed by atoms with Gasteiger partial charge in [-0.25, -0.2) is 14.5 Å². The van der Waals surface area contributed by atoms with Crippen LogP contribution in [0.5, 0.6) is 0 Å². The highest BCUT2D eigenvalue weighted by atomic mass is 32.4. The lowest BCUT2D eigenvalue weighted by Crippen LogP contribution is -2.55. The van der Waals surface area contributed by atoms with Crippen molar-refractivity contribution in [3.8, 4) is 0 Å². The molecule has 1 atom stereocenters. The van der Waals surface area contributed by atoms with Crippen molar-refractivity contribution in [2.75, 3.05) is 13.2 Å². The van der Waals surface area contributed by atoms with E-state index in [1.54, 1.807) is 45.9 Å². The summed E-state index contributed by atoms with van der Waals surface area (Å²) in [6, 6.07) is 26.4. The van der Waals surface area contributed by atoms with Crippen LogP contribution >= 0.6 is 6.19 Å². The molecule has 214 valence electrons. The van der Waals surface area contributed by atoms with Crippen molar-refractivity contribution in [2.24, 2.45) is 0 Å². The van der Waals surface area contributed by atoms with Gasteiger partial charge in [0, 0.05) is 10.6 Å². The van der Waals surface area contributed by atoms with E-state index < -0.39 is 35.3 Å². The van der Waals surface area contributed by atoms with Crippen molar-refractivity contribution < 1.29 is 23.9 Å². The second-order valence-corrected chi connectivity index (χ2v) is 14.9. The molecule has 1 aliphatic rings. The SMILES string of the molecule is CCOC(=O)C(NP(=S)(c1ccccc1)c1ccccc1)(C1=CCN(C(=O)OC(C)(C)C)C1=O)c1ccc(C)cc1. The summed E-state index contributed by atoms with van der Waals surface area (Å²) in [4.78, 5) is 42.4. The minimum Gasteiger partial charge on any atom is -0.464 e. The average Bonchev–Trinajstić information content (AvgIpc) is 3.34. The van der Waals surface area contributed by atoms with Crippen LogP contribution in [0.25, 0.3) is 0 Å². The number of ether oxygens (including phenoxy) is 2. The average molecular weight is 591 g/mol. The van der Waals surface area contributed by atoms with Gasteiger partial charge >= 0.3 is 12.1 Å². The van der Waals surface area contributed by atoms with Gasteiger partial charge in [0.2, 0.25) is 0 Å². The molecule has 1 N–H and O–H groups in total. The first-order valence-electron chi connectivity index (χ1n) is 13.4. The summed E-state index contributed by atoms with van der Waals surface area (Å²) in [6.45, 7) is 8.85. The number of nitrogens with zero attached hydrogens (tertiary/aromatic N) is 1. The topological polar surface area (TPSA) is 84.9 Å². The summed E-state index contributed by atoms with van der Waals surface area (Å²) in [5.41, 5.74) is -1.12. The molecule has 0 fully saturated rings. The monoisotopic (exact) mass is 590 g/mol. The minimum absolute atomic E-state index is 0.0582. The molecule has 1 unspecified atom stereocenters. The van der Waals surface area contributed by atoms with Crippen LogP contribution < -0.4 is 15.7 Å². The van der Waals surface area contributed by atoms with E-state index in [0.29, 0.717) is 5.56 Å². The molecular weight excluding hydrogens is 555 g/mol. The third-order valence-corrected chi connectivity index (χ3v) is 10.8. The van der Waals surface area contributed by atoms with Crippen molar-refractivity contribution in [3.63, 3.8) is 0 Å². The Morgan fingerprint density at radius 3 is 1.95 bits per heavy atom. The fraction of sp³-hybridized carbons (Fsp3) is 0.281. The van der Waals surface area contributed by atoms with Crippen LogP contribution in [0.15, 0.2) is 96.6 Å². The van der Waals surface area contributed by atoms with E-state index in [0.717, 1.165) is 21.1 Å². The molecular formula is C32H35N2O5PS. The Labute approximate surface area is 246 Å². The summed E-state index contributed by atoms with van der Waals surface area (Å²) >= 11 is 6.49. The molecule has 3 aromatic carbocycles. The van der Waals surface area contributed by atoms with Gasteiger partial charge in [-0.2, -0.15) is 0 Å². The maximum absolute atomic E-state index is 14.3. The molecule has 0 saturated carbocycles. The molecule has 0 spiro atoms. The zero-order chi connectivity index (χ0) is 29.8. The molecule has 3 aromatic rings. The van der Waals surface area contributed by atoms with Crippen molar-refractivity contribution in [1.29, 1.82) is 0 Å². The van der Waals surface area contributed by atoms with Crippen LogP contribution in [0, 0.1) is 6.92 Å². The number of hydrogen-bond acceptors (Lipinski definition) is 6. The molecule has 1 heterocycles. The number of esters is 1. The van der Waals surface area contributed by atoms with Crippen LogP contribution in [0.2, 0.25) is 0 Å². The molecule has 4 rings (SSSR count). The number of carbonyl (C=O) groups excluding carboxylic acids is 3. The first-order chi connectivity index (χ1) is 19.4. The summed E-state index contributed by atoms with van der Waals surface area (Å²) in [6.07, 6.45) is -2.20. The van der Waals surface area contributed by atoms with E-state index in [9.17, 15) is 14.4 Å². The maximum atomic E-state index is 14.3. The van der Waals surface area contributed by atoms with Crippen LogP contribution in [0.1, 0.15) is 38.8 Å². The third kappa shape index (κ3) is 6.20. The normalized spacial score (nSPS) is 15.2. The molecule has 7 nitrogen and oxygen atoms in total. The van der Waals surface area contributed by atoms with Crippen molar-refractivity contribution in [3.05, 3.63) is 108 Å². The van der Waals surface area contributed by atoms with E-state index >= 15 is 0 Å². The number of rotatable bonds is 8. The lowest BCUT2D eigenvalue weighted by Gasteiger charge is -2.39. The highest BCUT2D eigenvalue weighted by molar-refractivity contribution is 8.21. The lowest BCUT2D eigenvalue weighted by atomic mass is 9.82. The number of amides is 2. The zero-order valence-electron chi connectivity index (χ0n) is 23.9. The summed E-state index contributed by atoms with van der Waals surface area (Å²) in [7, 11) is 0. The maximum Gasteiger partial charge on any atom is 0.417 e. The Bertz CT molecular complexity index is 1460. The number of aryl methyl sites for hydroxylation is 1. The van der Waals surface area contributed by atoms with Crippen LogP contribution in [0.4, 0.5) is 4.79 Å². The highest BCUT2D eigenvalue weighted by Crippen LogP contribution is 2.48. The van der Waals surface area contributed by atoms with Crippen molar-refractivity contribution >= 4 is 46.6 Å². The Kier molecular flexibility index (Phi) is 8.97. The van der Waals surface area contributed by atoms with E-state index in [2.05, 4.69) is 5.09 Å². The van der Waals surface area contributed by atoms with Gasteiger partial charge in [0.05, 0.1) is 24.9 Å². The summed E-state index contributed by atoms with van der Waals surface area (Å²) < 4.78 is 11.2. The Balaban J connectivity index is 1.97. The summed E-state index contributed by atoms with van der Waals surface area (Å²) in [5, 5.41) is 5.17. The van der Waals surface area contributed by atoms with Gasteiger partial charge in [0.1, 0.15) is 5.60 Å².